The quantitative estimate of drug-likeness (QED) is 0.587. The van der Waals surface area contributed by atoms with E-state index in [1.54, 1.807) is 11.8 Å². The van der Waals surface area contributed by atoms with Crippen LogP contribution in [-0.2, 0) is 4.79 Å². The van der Waals surface area contributed by atoms with E-state index in [9.17, 15) is 4.79 Å². The van der Waals surface area contributed by atoms with Gasteiger partial charge in [-0.05, 0) is 36.4 Å². The van der Waals surface area contributed by atoms with Gasteiger partial charge in [-0.2, -0.15) is 0 Å². The third-order valence-corrected chi connectivity index (χ3v) is 4.63. The first-order valence-electron chi connectivity index (χ1n) is 7.06. The molecule has 2 aromatic rings. The van der Waals surface area contributed by atoms with Gasteiger partial charge in [0.15, 0.2) is 0 Å². The first-order chi connectivity index (χ1) is 10.6. The zero-order valence-electron chi connectivity index (χ0n) is 12.5. The molecule has 2 aromatic carbocycles. The summed E-state index contributed by atoms with van der Waals surface area (Å²) in [6, 6.07) is 18.1. The van der Waals surface area contributed by atoms with Gasteiger partial charge in [0.05, 0.1) is 6.54 Å². The van der Waals surface area contributed by atoms with Gasteiger partial charge in [-0.25, -0.2) is 0 Å². The molecule has 0 atom stereocenters. The number of nitrogens with one attached hydrogen (secondary N) is 1. The molecule has 3 nitrogen and oxygen atoms in total. The summed E-state index contributed by atoms with van der Waals surface area (Å²) in [4.78, 5) is 15.1. The maximum atomic E-state index is 11.9. The Labute approximate surface area is 144 Å². The van der Waals surface area contributed by atoms with Crippen molar-refractivity contribution in [2.75, 3.05) is 30.8 Å². The Bertz CT molecular complexity index is 589. The number of rotatable bonds is 7. The van der Waals surface area contributed by atoms with E-state index in [1.807, 2.05) is 54.4 Å². The molecular weight excluding hydrogens is 360 g/mol. The summed E-state index contributed by atoms with van der Waals surface area (Å²) in [5.41, 5.74) is 1.04. The summed E-state index contributed by atoms with van der Waals surface area (Å²) in [6.45, 7) is 1.04. The standard InChI is InChI=1S/C17H19BrN2OS/c1-20(15-5-3-2-4-6-15)13-17(21)19-11-12-22-16-9-7-14(18)8-10-16/h2-10H,11-13H2,1H3,(H,19,21). The summed E-state index contributed by atoms with van der Waals surface area (Å²) in [7, 11) is 1.92. The fourth-order valence-electron chi connectivity index (χ4n) is 1.94. The van der Waals surface area contributed by atoms with E-state index in [-0.39, 0.29) is 5.91 Å². The molecule has 0 saturated heterocycles. The Hall–Kier alpha value is -1.46. The van der Waals surface area contributed by atoms with Crippen molar-refractivity contribution in [1.29, 1.82) is 0 Å². The van der Waals surface area contributed by atoms with Crippen molar-refractivity contribution in [3.63, 3.8) is 0 Å². The lowest BCUT2D eigenvalue weighted by atomic mass is 10.3. The molecule has 0 fully saturated rings. The van der Waals surface area contributed by atoms with Gasteiger partial charge >= 0.3 is 0 Å². The Morgan fingerprint density at radius 2 is 1.82 bits per heavy atom. The fraction of sp³-hybridized carbons (Fsp3) is 0.235. The van der Waals surface area contributed by atoms with E-state index >= 15 is 0 Å². The smallest absolute Gasteiger partial charge is 0.239 e. The molecular formula is C17H19BrN2OS. The molecule has 2 rings (SSSR count). The molecule has 0 aliphatic heterocycles. The highest BCUT2D eigenvalue weighted by Gasteiger charge is 2.06. The monoisotopic (exact) mass is 378 g/mol. The predicted octanol–water partition coefficient (Wildman–Crippen LogP) is 3.79. The number of benzene rings is 2. The van der Waals surface area contributed by atoms with Crippen LogP contribution in [-0.4, -0.2) is 31.8 Å². The number of nitrogens with zero attached hydrogens (tertiary/aromatic N) is 1. The predicted molar refractivity (Wildman–Crippen MR) is 97.6 cm³/mol. The Balaban J connectivity index is 1.66. The van der Waals surface area contributed by atoms with Crippen molar-refractivity contribution >= 4 is 39.3 Å². The number of hydrogen-bond acceptors (Lipinski definition) is 3. The van der Waals surface area contributed by atoms with E-state index in [0.717, 1.165) is 15.9 Å². The van der Waals surface area contributed by atoms with E-state index < -0.39 is 0 Å². The van der Waals surface area contributed by atoms with Crippen LogP contribution in [0.1, 0.15) is 0 Å². The molecule has 0 saturated carbocycles. The number of carbonyl (C=O) groups is 1. The summed E-state index contributed by atoms with van der Waals surface area (Å²) >= 11 is 5.15. The largest absolute Gasteiger partial charge is 0.365 e. The second-order valence-electron chi connectivity index (χ2n) is 4.84. The van der Waals surface area contributed by atoms with Gasteiger partial charge in [-0.1, -0.05) is 34.1 Å². The van der Waals surface area contributed by atoms with Crippen molar-refractivity contribution in [1.82, 2.24) is 5.32 Å². The summed E-state index contributed by atoms with van der Waals surface area (Å²) in [6.07, 6.45) is 0. The minimum absolute atomic E-state index is 0.0442. The SMILES string of the molecule is CN(CC(=O)NCCSc1ccc(Br)cc1)c1ccccc1. The highest BCUT2D eigenvalue weighted by molar-refractivity contribution is 9.10. The van der Waals surface area contributed by atoms with Gasteiger partial charge in [-0.3, -0.25) is 4.79 Å². The van der Waals surface area contributed by atoms with Crippen LogP contribution in [0.15, 0.2) is 64.0 Å². The van der Waals surface area contributed by atoms with E-state index in [4.69, 9.17) is 0 Å². The molecule has 0 aromatic heterocycles. The van der Waals surface area contributed by atoms with Crippen molar-refractivity contribution in [3.8, 4) is 0 Å². The number of amides is 1. The molecule has 0 aliphatic carbocycles. The molecule has 1 N–H and O–H groups in total. The Morgan fingerprint density at radius 1 is 1.14 bits per heavy atom. The highest BCUT2D eigenvalue weighted by atomic mass is 79.9. The van der Waals surface area contributed by atoms with Crippen LogP contribution < -0.4 is 10.2 Å². The van der Waals surface area contributed by atoms with Crippen LogP contribution in [0, 0.1) is 0 Å². The van der Waals surface area contributed by atoms with Crippen LogP contribution in [0.3, 0.4) is 0 Å². The highest BCUT2D eigenvalue weighted by Crippen LogP contribution is 2.19. The van der Waals surface area contributed by atoms with Crippen molar-refractivity contribution < 1.29 is 4.79 Å². The maximum Gasteiger partial charge on any atom is 0.239 e. The molecule has 5 heteroatoms. The van der Waals surface area contributed by atoms with Gasteiger partial charge in [0.25, 0.3) is 0 Å². The van der Waals surface area contributed by atoms with Gasteiger partial charge < -0.3 is 10.2 Å². The molecule has 22 heavy (non-hydrogen) atoms. The molecule has 0 unspecified atom stereocenters. The van der Waals surface area contributed by atoms with Crippen LogP contribution in [0.4, 0.5) is 5.69 Å². The van der Waals surface area contributed by atoms with Crippen LogP contribution in [0.5, 0.6) is 0 Å². The first-order valence-corrected chi connectivity index (χ1v) is 8.84. The Kier molecular flexibility index (Phi) is 6.80. The summed E-state index contributed by atoms with van der Waals surface area (Å²) in [5, 5.41) is 2.95. The van der Waals surface area contributed by atoms with Crippen molar-refractivity contribution in [2.24, 2.45) is 0 Å². The molecule has 1 amide bonds. The molecule has 0 spiro atoms. The second-order valence-corrected chi connectivity index (χ2v) is 6.93. The van der Waals surface area contributed by atoms with Crippen LogP contribution in [0.2, 0.25) is 0 Å². The lowest BCUT2D eigenvalue weighted by Gasteiger charge is -2.18. The number of anilines is 1. The van der Waals surface area contributed by atoms with E-state index in [2.05, 4.69) is 33.4 Å². The Morgan fingerprint density at radius 3 is 2.50 bits per heavy atom. The normalized spacial score (nSPS) is 10.3. The third kappa shape index (κ3) is 5.73. The summed E-state index contributed by atoms with van der Waals surface area (Å²) in [5.74, 6) is 0.908. The first kappa shape index (κ1) is 16.9. The van der Waals surface area contributed by atoms with Crippen LogP contribution >= 0.6 is 27.7 Å². The average Bonchev–Trinajstić information content (AvgIpc) is 2.54. The maximum absolute atomic E-state index is 11.9. The zero-order valence-corrected chi connectivity index (χ0v) is 14.9. The van der Waals surface area contributed by atoms with Crippen molar-refractivity contribution in [2.45, 2.75) is 4.90 Å². The van der Waals surface area contributed by atoms with E-state index in [1.165, 1.54) is 4.90 Å². The number of thioether (sulfide) groups is 1. The molecule has 0 bridgehead atoms. The van der Waals surface area contributed by atoms with Gasteiger partial charge in [0.1, 0.15) is 0 Å². The average molecular weight is 379 g/mol. The molecule has 116 valence electrons. The number of hydrogen-bond donors (Lipinski definition) is 1. The molecule has 0 aliphatic rings. The second kappa shape index (κ2) is 8.86. The lowest BCUT2D eigenvalue weighted by molar-refractivity contribution is -0.119. The number of carbonyl (C=O) groups excluding carboxylic acids is 1. The van der Waals surface area contributed by atoms with Crippen molar-refractivity contribution in [3.05, 3.63) is 59.1 Å². The van der Waals surface area contributed by atoms with Crippen LogP contribution in [0.25, 0.3) is 0 Å². The summed E-state index contributed by atoms with van der Waals surface area (Å²) < 4.78 is 1.08. The number of likely N-dealkylation sites (N-methyl/N-ethyl adjacent to an activating group) is 1. The minimum atomic E-state index is 0.0442. The molecule has 0 heterocycles. The molecule has 0 radical (unpaired) electrons. The van der Waals surface area contributed by atoms with Gasteiger partial charge in [-0.15, -0.1) is 11.8 Å². The van der Waals surface area contributed by atoms with E-state index in [0.29, 0.717) is 13.1 Å². The zero-order chi connectivity index (χ0) is 15.8. The third-order valence-electron chi connectivity index (χ3n) is 3.08. The topological polar surface area (TPSA) is 32.3 Å². The minimum Gasteiger partial charge on any atom is -0.365 e. The van der Waals surface area contributed by atoms with Gasteiger partial charge in [0, 0.05) is 34.4 Å². The number of halogens is 1. The van der Waals surface area contributed by atoms with Gasteiger partial charge in [0.2, 0.25) is 5.91 Å². The lowest BCUT2D eigenvalue weighted by Crippen LogP contribution is -2.36. The number of para-hydroxylation sites is 1. The fourth-order valence-corrected chi connectivity index (χ4v) is 2.97.